The van der Waals surface area contributed by atoms with Crippen molar-refractivity contribution in [1.82, 2.24) is 10.2 Å². The van der Waals surface area contributed by atoms with Gasteiger partial charge in [-0.15, -0.1) is 12.4 Å². The van der Waals surface area contributed by atoms with Crippen molar-refractivity contribution in [2.24, 2.45) is 5.92 Å². The average molecular weight is 368 g/mol. The smallest absolute Gasteiger partial charge is 0.242 e. The van der Waals surface area contributed by atoms with Gasteiger partial charge >= 0.3 is 0 Å². The highest BCUT2D eigenvalue weighted by Gasteiger charge is 2.34. The van der Waals surface area contributed by atoms with Crippen LogP contribution in [0.5, 0.6) is 0 Å². The summed E-state index contributed by atoms with van der Waals surface area (Å²) in [4.78, 5) is 26.8. The van der Waals surface area contributed by atoms with Gasteiger partial charge < -0.3 is 20.3 Å². The van der Waals surface area contributed by atoms with E-state index in [1.54, 1.807) is 0 Å². The largest absolute Gasteiger partial charge is 0.375 e. The number of carbonyl (C=O) groups excluding carboxylic acids is 2. The molecule has 0 bridgehead atoms. The number of benzene rings is 1. The van der Waals surface area contributed by atoms with Gasteiger partial charge in [-0.25, -0.2) is 0 Å². The van der Waals surface area contributed by atoms with Crippen molar-refractivity contribution in [3.63, 3.8) is 0 Å². The van der Waals surface area contributed by atoms with Gasteiger partial charge in [0.25, 0.3) is 0 Å². The molecule has 3 rings (SSSR count). The van der Waals surface area contributed by atoms with Crippen molar-refractivity contribution in [1.29, 1.82) is 0 Å². The summed E-state index contributed by atoms with van der Waals surface area (Å²) in [5.74, 6) is 0.0900. The number of nitrogens with one attached hydrogen (secondary N) is 2. The van der Waals surface area contributed by atoms with Gasteiger partial charge in [0.05, 0.1) is 12.7 Å². The first-order valence-electron chi connectivity index (χ1n) is 8.65. The van der Waals surface area contributed by atoms with Gasteiger partial charge in [0.1, 0.15) is 6.04 Å². The van der Waals surface area contributed by atoms with Crippen molar-refractivity contribution >= 4 is 29.9 Å². The maximum Gasteiger partial charge on any atom is 0.242 e. The fraction of sp³-hybridized carbons (Fsp3) is 0.556. The Labute approximate surface area is 154 Å². The van der Waals surface area contributed by atoms with Crippen molar-refractivity contribution in [3.8, 4) is 0 Å². The van der Waals surface area contributed by atoms with Crippen LogP contribution in [0.2, 0.25) is 0 Å². The Bertz CT molecular complexity index is 576. The zero-order chi connectivity index (χ0) is 16.9. The van der Waals surface area contributed by atoms with Crippen molar-refractivity contribution in [3.05, 3.63) is 30.3 Å². The van der Waals surface area contributed by atoms with Crippen LogP contribution in [0, 0.1) is 5.92 Å². The number of likely N-dealkylation sites (tertiary alicyclic amines) is 1. The topological polar surface area (TPSA) is 70.7 Å². The second-order valence-electron chi connectivity index (χ2n) is 6.46. The summed E-state index contributed by atoms with van der Waals surface area (Å²) in [7, 11) is 0. The number of amides is 2. The number of piperidine rings is 1. The first kappa shape index (κ1) is 19.7. The van der Waals surface area contributed by atoms with Crippen LogP contribution in [-0.4, -0.2) is 55.1 Å². The highest BCUT2D eigenvalue weighted by Crippen LogP contribution is 2.21. The number of hydrogen-bond acceptors (Lipinski definition) is 4. The number of para-hydroxylation sites is 1. The average Bonchev–Trinajstić information content (AvgIpc) is 2.62. The Balaban J connectivity index is 0.00000225. The molecular formula is C18H26ClN3O3. The minimum absolute atomic E-state index is 0. The second kappa shape index (κ2) is 9.17. The van der Waals surface area contributed by atoms with Crippen molar-refractivity contribution in [2.75, 3.05) is 31.6 Å². The molecule has 0 aliphatic carbocycles. The molecule has 1 aromatic rings. The lowest BCUT2D eigenvalue weighted by Crippen LogP contribution is -2.57. The normalized spacial score (nSPS) is 24.3. The molecule has 0 spiro atoms. The first-order chi connectivity index (χ1) is 11.6. The summed E-state index contributed by atoms with van der Waals surface area (Å²) < 4.78 is 5.55. The van der Waals surface area contributed by atoms with Crippen LogP contribution >= 0.6 is 12.4 Å². The van der Waals surface area contributed by atoms with Gasteiger partial charge in [-0.05, 0) is 31.9 Å². The molecule has 2 aliphatic heterocycles. The lowest BCUT2D eigenvalue weighted by molar-refractivity contribution is -0.142. The Morgan fingerprint density at radius 3 is 2.52 bits per heavy atom. The number of ether oxygens (including phenoxy) is 1. The van der Waals surface area contributed by atoms with E-state index in [9.17, 15) is 9.59 Å². The molecule has 6 nitrogen and oxygen atoms in total. The van der Waals surface area contributed by atoms with E-state index >= 15 is 0 Å². The molecule has 2 heterocycles. The Morgan fingerprint density at radius 1 is 1.20 bits per heavy atom. The standard InChI is InChI=1S/C18H25N3O3.ClH/c1-13-16(19-9-12-24-13)18(23)21-10-7-14(8-11-21)17(22)20-15-5-3-2-4-6-15;/h2-6,13-14,16,19H,7-12H2,1H3,(H,20,22);1H/t13-,16+;/m1./s1. The predicted octanol–water partition coefficient (Wildman–Crippen LogP) is 1.66. The monoisotopic (exact) mass is 367 g/mol. The number of morpholine rings is 1. The van der Waals surface area contributed by atoms with E-state index in [0.29, 0.717) is 39.1 Å². The molecule has 2 saturated heterocycles. The van der Waals surface area contributed by atoms with Gasteiger partial charge in [-0.1, -0.05) is 18.2 Å². The molecule has 0 unspecified atom stereocenters. The highest BCUT2D eigenvalue weighted by molar-refractivity contribution is 5.92. The first-order valence-corrected chi connectivity index (χ1v) is 8.65. The molecule has 0 saturated carbocycles. The summed E-state index contributed by atoms with van der Waals surface area (Å²) in [6.45, 7) is 4.52. The molecule has 138 valence electrons. The zero-order valence-corrected chi connectivity index (χ0v) is 15.3. The number of hydrogen-bond donors (Lipinski definition) is 2. The lowest BCUT2D eigenvalue weighted by Gasteiger charge is -2.37. The summed E-state index contributed by atoms with van der Waals surface area (Å²) in [5.41, 5.74) is 0.818. The zero-order valence-electron chi connectivity index (χ0n) is 14.4. The number of halogens is 1. The molecular weight excluding hydrogens is 342 g/mol. The number of anilines is 1. The molecule has 2 N–H and O–H groups in total. The predicted molar refractivity (Wildman–Crippen MR) is 98.8 cm³/mol. The van der Waals surface area contributed by atoms with E-state index in [1.807, 2.05) is 42.2 Å². The minimum atomic E-state index is -0.270. The van der Waals surface area contributed by atoms with Gasteiger partial charge in [-0.3, -0.25) is 9.59 Å². The maximum absolute atomic E-state index is 12.6. The van der Waals surface area contributed by atoms with Gasteiger partial charge in [0.2, 0.25) is 11.8 Å². The van der Waals surface area contributed by atoms with Crippen LogP contribution in [-0.2, 0) is 14.3 Å². The molecule has 2 fully saturated rings. The summed E-state index contributed by atoms with van der Waals surface area (Å²) in [6.07, 6.45) is 1.30. The van der Waals surface area contributed by atoms with Crippen LogP contribution in [0.3, 0.4) is 0 Å². The number of nitrogens with zero attached hydrogens (tertiary/aromatic N) is 1. The minimum Gasteiger partial charge on any atom is -0.375 e. The van der Waals surface area contributed by atoms with E-state index in [0.717, 1.165) is 5.69 Å². The summed E-state index contributed by atoms with van der Waals surface area (Å²) >= 11 is 0. The molecule has 2 aliphatic rings. The van der Waals surface area contributed by atoms with E-state index < -0.39 is 0 Å². The third-order valence-electron chi connectivity index (χ3n) is 4.80. The van der Waals surface area contributed by atoms with Crippen LogP contribution in [0.4, 0.5) is 5.69 Å². The quantitative estimate of drug-likeness (QED) is 0.852. The van der Waals surface area contributed by atoms with E-state index in [2.05, 4.69) is 10.6 Å². The fourth-order valence-corrected chi connectivity index (χ4v) is 3.33. The third kappa shape index (κ3) is 4.93. The SMILES string of the molecule is C[C@H]1OCCN[C@@H]1C(=O)N1CCC(C(=O)Nc2ccccc2)CC1.Cl. The van der Waals surface area contributed by atoms with E-state index in [-0.39, 0.29) is 42.3 Å². The van der Waals surface area contributed by atoms with Gasteiger partial charge in [0, 0.05) is 31.2 Å². The summed E-state index contributed by atoms with van der Waals surface area (Å²) in [5, 5.41) is 6.19. The van der Waals surface area contributed by atoms with Crippen LogP contribution in [0.25, 0.3) is 0 Å². The number of carbonyl (C=O) groups is 2. The molecule has 1 aromatic carbocycles. The molecule has 2 atom stereocenters. The third-order valence-corrected chi connectivity index (χ3v) is 4.80. The molecule has 0 aromatic heterocycles. The fourth-order valence-electron chi connectivity index (χ4n) is 3.33. The van der Waals surface area contributed by atoms with E-state index in [1.165, 1.54) is 0 Å². The Hall–Kier alpha value is -1.63. The molecule has 25 heavy (non-hydrogen) atoms. The summed E-state index contributed by atoms with van der Waals surface area (Å²) in [6, 6.07) is 9.21. The number of rotatable bonds is 3. The molecule has 2 amide bonds. The van der Waals surface area contributed by atoms with E-state index in [4.69, 9.17) is 4.74 Å². The van der Waals surface area contributed by atoms with Gasteiger partial charge in [-0.2, -0.15) is 0 Å². The second-order valence-corrected chi connectivity index (χ2v) is 6.46. The van der Waals surface area contributed by atoms with Crippen molar-refractivity contribution in [2.45, 2.75) is 31.9 Å². The van der Waals surface area contributed by atoms with Crippen LogP contribution in [0.15, 0.2) is 30.3 Å². The van der Waals surface area contributed by atoms with Crippen LogP contribution < -0.4 is 10.6 Å². The lowest BCUT2D eigenvalue weighted by atomic mass is 9.95. The molecule has 0 radical (unpaired) electrons. The Kier molecular flexibility index (Phi) is 7.23. The highest BCUT2D eigenvalue weighted by atomic mass is 35.5. The maximum atomic E-state index is 12.6. The Morgan fingerprint density at radius 2 is 1.88 bits per heavy atom. The molecule has 7 heteroatoms. The van der Waals surface area contributed by atoms with Crippen LogP contribution in [0.1, 0.15) is 19.8 Å². The van der Waals surface area contributed by atoms with Crippen molar-refractivity contribution < 1.29 is 14.3 Å². The van der Waals surface area contributed by atoms with Gasteiger partial charge in [0.15, 0.2) is 0 Å².